The van der Waals surface area contributed by atoms with Gasteiger partial charge in [-0.2, -0.15) is 0 Å². The van der Waals surface area contributed by atoms with Gasteiger partial charge in [0, 0.05) is 27.6 Å². The van der Waals surface area contributed by atoms with Gasteiger partial charge in [0.1, 0.15) is 5.58 Å². The molecule has 0 spiro atoms. The number of fused-ring (bicyclic) bond motifs is 8. The molecule has 11 aromatic rings. The van der Waals surface area contributed by atoms with Crippen LogP contribution in [0.3, 0.4) is 0 Å². The number of benzene rings is 8. The number of furan rings is 1. The van der Waals surface area contributed by atoms with Crippen LogP contribution >= 0.6 is 0 Å². The monoisotopic (exact) mass is 676 g/mol. The largest absolute Gasteiger partial charge is 0.438 e. The lowest BCUT2D eigenvalue weighted by atomic mass is 9.98. The van der Waals surface area contributed by atoms with Gasteiger partial charge in [-0.25, -0.2) is 19.9 Å². The summed E-state index contributed by atoms with van der Waals surface area (Å²) in [5.41, 5.74) is 5.73. The number of para-hydroxylation sites is 1. The third-order valence-electron chi connectivity index (χ3n) is 10.3. The van der Waals surface area contributed by atoms with E-state index in [9.17, 15) is 0 Å². The van der Waals surface area contributed by atoms with E-state index in [-0.39, 0.29) is 0 Å². The summed E-state index contributed by atoms with van der Waals surface area (Å²) >= 11 is 0. The highest BCUT2D eigenvalue weighted by molar-refractivity contribution is 6.12. The number of aromatic nitrogens is 4. The maximum atomic E-state index is 6.47. The summed E-state index contributed by atoms with van der Waals surface area (Å²) in [6.07, 6.45) is 0. The first-order valence-corrected chi connectivity index (χ1v) is 17.7. The van der Waals surface area contributed by atoms with E-state index in [2.05, 4.69) is 152 Å². The third kappa shape index (κ3) is 4.94. The molecule has 3 heterocycles. The van der Waals surface area contributed by atoms with Crippen LogP contribution < -0.4 is 0 Å². The SMILES string of the molecule is c1ccc2cc(-c3nc(-c4ccc5ccccc5c4)nc(-c4cc(-c5ccc6c(ccc7ccccc76)c5)nc5oc6ccccc6c45)n3)ccc2c1. The van der Waals surface area contributed by atoms with Gasteiger partial charge in [0.2, 0.25) is 5.71 Å². The molecule has 0 saturated carbocycles. The number of nitrogens with zero attached hydrogens (tertiary/aromatic N) is 4. The molecule has 0 aliphatic carbocycles. The normalized spacial score (nSPS) is 11.8. The summed E-state index contributed by atoms with van der Waals surface area (Å²) in [5, 5.41) is 11.2. The lowest BCUT2D eigenvalue weighted by Crippen LogP contribution is -2.01. The van der Waals surface area contributed by atoms with Crippen molar-refractivity contribution in [3.05, 3.63) is 170 Å². The van der Waals surface area contributed by atoms with Gasteiger partial charge in [-0.05, 0) is 73.4 Å². The highest BCUT2D eigenvalue weighted by Crippen LogP contribution is 2.39. The molecule has 0 bridgehead atoms. The van der Waals surface area contributed by atoms with Crippen molar-refractivity contribution in [3.63, 3.8) is 0 Å². The number of rotatable bonds is 4. The van der Waals surface area contributed by atoms with E-state index < -0.39 is 0 Å². The van der Waals surface area contributed by atoms with Crippen LogP contribution in [-0.2, 0) is 0 Å². The summed E-state index contributed by atoms with van der Waals surface area (Å²) in [7, 11) is 0. The highest BCUT2D eigenvalue weighted by Gasteiger charge is 2.21. The highest BCUT2D eigenvalue weighted by atomic mass is 16.3. The summed E-state index contributed by atoms with van der Waals surface area (Å²) < 4.78 is 6.47. The van der Waals surface area contributed by atoms with Gasteiger partial charge in [-0.15, -0.1) is 0 Å². The molecular weight excluding hydrogens is 649 g/mol. The van der Waals surface area contributed by atoms with E-state index in [1.54, 1.807) is 0 Å². The Balaban J connectivity index is 1.17. The van der Waals surface area contributed by atoms with Crippen molar-refractivity contribution in [1.82, 2.24) is 19.9 Å². The molecule has 0 amide bonds. The van der Waals surface area contributed by atoms with Crippen molar-refractivity contribution >= 4 is 65.2 Å². The number of pyridine rings is 1. The molecule has 0 aliphatic heterocycles. The lowest BCUT2D eigenvalue weighted by Gasteiger charge is -2.12. The van der Waals surface area contributed by atoms with Crippen LogP contribution in [-0.4, -0.2) is 19.9 Å². The van der Waals surface area contributed by atoms with Gasteiger partial charge in [-0.3, -0.25) is 0 Å². The molecule has 53 heavy (non-hydrogen) atoms. The standard InChI is InChI=1S/C48H28N4O/c1-3-12-32-25-36(21-17-29(32)9-1)45-50-46(37-22-18-30-10-2-4-13-33(30)26-37)52-47(51-45)41-28-42(49-48-44(41)40-15-7-8-16-43(40)53-48)35-23-24-39-34(27-35)20-19-31-11-5-6-14-38(31)39/h1-28H. The predicted molar refractivity (Wildman–Crippen MR) is 217 cm³/mol. The minimum absolute atomic E-state index is 0.539. The molecule has 246 valence electrons. The number of hydrogen-bond acceptors (Lipinski definition) is 5. The smallest absolute Gasteiger partial charge is 0.228 e. The van der Waals surface area contributed by atoms with Crippen LogP contribution in [0.15, 0.2) is 174 Å². The average molecular weight is 677 g/mol. The van der Waals surface area contributed by atoms with Crippen molar-refractivity contribution in [1.29, 1.82) is 0 Å². The molecule has 8 aromatic carbocycles. The molecule has 0 N–H and O–H groups in total. The van der Waals surface area contributed by atoms with Gasteiger partial charge < -0.3 is 4.42 Å². The maximum Gasteiger partial charge on any atom is 0.228 e. The Bertz CT molecular complexity index is 3160. The van der Waals surface area contributed by atoms with Crippen LogP contribution in [0.4, 0.5) is 0 Å². The van der Waals surface area contributed by atoms with E-state index in [1.165, 1.54) is 16.2 Å². The van der Waals surface area contributed by atoms with Crippen molar-refractivity contribution < 1.29 is 4.42 Å². The quantitative estimate of drug-likeness (QED) is 0.174. The fraction of sp³-hybridized carbons (Fsp3) is 0. The Labute approximate surface area is 303 Å². The molecule has 0 saturated heterocycles. The fourth-order valence-electron chi connectivity index (χ4n) is 7.63. The molecule has 0 radical (unpaired) electrons. The summed E-state index contributed by atoms with van der Waals surface area (Å²) in [6.45, 7) is 0. The van der Waals surface area contributed by atoms with Crippen LogP contribution in [0.1, 0.15) is 0 Å². The molecular formula is C48H28N4O. The van der Waals surface area contributed by atoms with Gasteiger partial charge in [0.15, 0.2) is 17.5 Å². The Morgan fingerprint density at radius 2 is 0.849 bits per heavy atom. The van der Waals surface area contributed by atoms with Crippen LogP contribution in [0.2, 0.25) is 0 Å². The zero-order chi connectivity index (χ0) is 34.9. The van der Waals surface area contributed by atoms with E-state index in [1.807, 2.05) is 18.2 Å². The number of hydrogen-bond donors (Lipinski definition) is 0. The maximum absolute atomic E-state index is 6.47. The van der Waals surface area contributed by atoms with Crippen LogP contribution in [0.5, 0.6) is 0 Å². The first kappa shape index (κ1) is 29.5. The van der Waals surface area contributed by atoms with Crippen molar-refractivity contribution in [2.45, 2.75) is 0 Å². The Morgan fingerprint density at radius 3 is 1.57 bits per heavy atom. The minimum Gasteiger partial charge on any atom is -0.438 e. The van der Waals surface area contributed by atoms with Crippen LogP contribution in [0.25, 0.3) is 111 Å². The molecule has 0 unspecified atom stereocenters. The Morgan fingerprint density at radius 1 is 0.340 bits per heavy atom. The van der Waals surface area contributed by atoms with Gasteiger partial charge in [-0.1, -0.05) is 140 Å². The zero-order valence-electron chi connectivity index (χ0n) is 28.4. The Kier molecular flexibility index (Phi) is 6.48. The summed E-state index contributed by atoms with van der Waals surface area (Å²) in [6, 6.07) is 59.0. The Hall–Kier alpha value is -7.24. The second-order valence-corrected chi connectivity index (χ2v) is 13.5. The molecule has 11 rings (SSSR count). The summed E-state index contributed by atoms with van der Waals surface area (Å²) in [4.78, 5) is 20.7. The van der Waals surface area contributed by atoms with Gasteiger partial charge in [0.05, 0.1) is 11.1 Å². The average Bonchev–Trinajstić information content (AvgIpc) is 3.61. The molecule has 3 aromatic heterocycles. The van der Waals surface area contributed by atoms with E-state index in [0.29, 0.717) is 23.2 Å². The molecule has 0 atom stereocenters. The van der Waals surface area contributed by atoms with Crippen molar-refractivity contribution in [3.8, 4) is 45.4 Å². The molecule has 5 heteroatoms. The second kappa shape index (κ2) is 11.7. The molecule has 5 nitrogen and oxygen atoms in total. The first-order valence-electron chi connectivity index (χ1n) is 17.7. The topological polar surface area (TPSA) is 64.7 Å². The van der Waals surface area contributed by atoms with Gasteiger partial charge >= 0.3 is 0 Å². The second-order valence-electron chi connectivity index (χ2n) is 13.5. The van der Waals surface area contributed by atoms with Crippen LogP contribution in [0, 0.1) is 0 Å². The van der Waals surface area contributed by atoms with E-state index in [4.69, 9.17) is 24.4 Å². The van der Waals surface area contributed by atoms with Crippen molar-refractivity contribution in [2.24, 2.45) is 0 Å². The van der Waals surface area contributed by atoms with Gasteiger partial charge in [0.25, 0.3) is 0 Å². The zero-order valence-corrected chi connectivity index (χ0v) is 28.4. The molecule has 0 aliphatic rings. The first-order chi connectivity index (χ1) is 26.2. The van der Waals surface area contributed by atoms with E-state index >= 15 is 0 Å². The lowest BCUT2D eigenvalue weighted by molar-refractivity contribution is 0.654. The predicted octanol–water partition coefficient (Wildman–Crippen LogP) is 12.4. The van der Waals surface area contributed by atoms with E-state index in [0.717, 1.165) is 71.2 Å². The third-order valence-corrected chi connectivity index (χ3v) is 10.3. The fourth-order valence-corrected chi connectivity index (χ4v) is 7.63. The van der Waals surface area contributed by atoms with Crippen molar-refractivity contribution in [2.75, 3.05) is 0 Å². The minimum atomic E-state index is 0.539. The summed E-state index contributed by atoms with van der Waals surface area (Å²) in [5.74, 6) is 1.75. The molecule has 0 fully saturated rings.